The highest BCUT2D eigenvalue weighted by Gasteiger charge is 2.34. The first-order valence-corrected chi connectivity index (χ1v) is 10.4. The molecule has 2 heterocycles. The number of ether oxygens (including phenoxy) is 3. The lowest BCUT2D eigenvalue weighted by Gasteiger charge is -2.17. The number of anilines is 1. The Morgan fingerprint density at radius 3 is 2.24 bits per heavy atom. The van der Waals surface area contributed by atoms with Crippen molar-refractivity contribution in [2.45, 2.75) is 19.5 Å². The third-order valence-corrected chi connectivity index (χ3v) is 4.66. The normalized spacial score (nSPS) is 11.5. The molecule has 0 fully saturated rings. The van der Waals surface area contributed by atoms with Crippen LogP contribution in [0.5, 0.6) is 23.0 Å². The summed E-state index contributed by atoms with van der Waals surface area (Å²) >= 11 is 0. The van der Waals surface area contributed by atoms with Gasteiger partial charge in [0.25, 0.3) is 11.8 Å². The van der Waals surface area contributed by atoms with Crippen molar-refractivity contribution < 1.29 is 50.1 Å². The third kappa shape index (κ3) is 7.02. The quantitative estimate of drug-likeness (QED) is 0.398. The summed E-state index contributed by atoms with van der Waals surface area (Å²) in [5, 5.41) is 4.80. The zero-order chi connectivity index (χ0) is 28.3. The van der Waals surface area contributed by atoms with Crippen LogP contribution in [0.4, 0.5) is 32.0 Å². The number of halogens is 6. The van der Waals surface area contributed by atoms with Crippen LogP contribution in [-0.2, 0) is 6.18 Å². The highest BCUT2D eigenvalue weighted by Crippen LogP contribution is 2.39. The second-order valence-corrected chi connectivity index (χ2v) is 7.44. The van der Waals surface area contributed by atoms with E-state index < -0.39 is 47.1 Å². The number of rotatable bonds is 7. The van der Waals surface area contributed by atoms with Gasteiger partial charge in [0.15, 0.2) is 11.5 Å². The standard InChI is InChI=1S/C23H18F6N4O5/c1-11-6-12(7-15(32-11)21(35)30-2)33-20(34)14-10-31-19(22(24,25)26)9-17(14)37-16-5-4-13(8-18(16)36-3)38-23(27,28)29/h4-10H,1-3H3,(H,30,35)(H,32,33,34). The van der Waals surface area contributed by atoms with E-state index in [1.165, 1.54) is 19.2 Å². The Morgan fingerprint density at radius 2 is 1.63 bits per heavy atom. The van der Waals surface area contributed by atoms with Gasteiger partial charge in [-0.2, -0.15) is 13.2 Å². The SMILES string of the molecule is CNC(=O)c1cc(NC(=O)c2cnc(C(F)(F)F)cc2Oc2ccc(OC(F)(F)F)cc2OC)cc(C)n1. The van der Waals surface area contributed by atoms with Gasteiger partial charge in [0.1, 0.15) is 28.5 Å². The predicted molar refractivity (Wildman–Crippen MR) is 119 cm³/mol. The number of nitrogens with zero attached hydrogens (tertiary/aromatic N) is 2. The van der Waals surface area contributed by atoms with E-state index in [2.05, 4.69) is 25.3 Å². The van der Waals surface area contributed by atoms with Crippen molar-refractivity contribution in [3.63, 3.8) is 0 Å². The summed E-state index contributed by atoms with van der Waals surface area (Å²) in [7, 11) is 2.45. The Labute approximate surface area is 210 Å². The number of alkyl halides is 6. The van der Waals surface area contributed by atoms with Gasteiger partial charge in [0.05, 0.1) is 7.11 Å². The van der Waals surface area contributed by atoms with Gasteiger partial charge in [0.2, 0.25) is 0 Å². The maximum absolute atomic E-state index is 13.3. The second-order valence-electron chi connectivity index (χ2n) is 7.44. The van der Waals surface area contributed by atoms with E-state index in [1.807, 2.05) is 0 Å². The van der Waals surface area contributed by atoms with Crippen molar-refractivity contribution in [3.05, 3.63) is 65.2 Å². The fourth-order valence-corrected chi connectivity index (χ4v) is 3.08. The highest BCUT2D eigenvalue weighted by molar-refractivity contribution is 6.06. The molecule has 0 saturated heterocycles. The van der Waals surface area contributed by atoms with Crippen LogP contribution in [0, 0.1) is 6.92 Å². The van der Waals surface area contributed by atoms with Crippen LogP contribution < -0.4 is 24.8 Å². The monoisotopic (exact) mass is 544 g/mol. The molecule has 0 aliphatic heterocycles. The van der Waals surface area contributed by atoms with Crippen LogP contribution in [-0.4, -0.2) is 42.3 Å². The van der Waals surface area contributed by atoms with E-state index in [4.69, 9.17) is 9.47 Å². The molecule has 15 heteroatoms. The Bertz CT molecular complexity index is 1360. The average molecular weight is 544 g/mol. The van der Waals surface area contributed by atoms with Crippen LogP contribution in [0.2, 0.25) is 0 Å². The second kappa shape index (κ2) is 10.8. The molecule has 0 spiro atoms. The van der Waals surface area contributed by atoms with Crippen molar-refractivity contribution in [1.29, 1.82) is 0 Å². The Hall–Kier alpha value is -4.56. The van der Waals surface area contributed by atoms with Gasteiger partial charge in [0, 0.05) is 36.8 Å². The molecule has 2 N–H and O–H groups in total. The number of carbonyl (C=O) groups is 2. The lowest BCUT2D eigenvalue weighted by Crippen LogP contribution is -2.21. The van der Waals surface area contributed by atoms with Crippen LogP contribution >= 0.6 is 0 Å². The number of methoxy groups -OCH3 is 1. The van der Waals surface area contributed by atoms with Crippen molar-refractivity contribution in [2.24, 2.45) is 0 Å². The largest absolute Gasteiger partial charge is 0.573 e. The first kappa shape index (κ1) is 28.0. The number of aryl methyl sites for hydroxylation is 1. The zero-order valence-corrected chi connectivity index (χ0v) is 19.7. The molecule has 0 atom stereocenters. The number of carbonyl (C=O) groups excluding carboxylic acids is 2. The molecule has 0 unspecified atom stereocenters. The molecule has 3 rings (SSSR count). The summed E-state index contributed by atoms with van der Waals surface area (Å²) in [6.07, 6.45) is -9.30. The summed E-state index contributed by atoms with van der Waals surface area (Å²) < 4.78 is 91.8. The molecule has 9 nitrogen and oxygen atoms in total. The number of aromatic nitrogens is 2. The molecule has 0 radical (unpaired) electrons. The van der Waals surface area contributed by atoms with Crippen molar-refractivity contribution in [3.8, 4) is 23.0 Å². The molecule has 3 aromatic rings. The van der Waals surface area contributed by atoms with Crippen molar-refractivity contribution in [2.75, 3.05) is 19.5 Å². The molecule has 2 amide bonds. The molecule has 0 bridgehead atoms. The predicted octanol–water partition coefficient (Wildman–Crippen LogP) is 5.12. The summed E-state index contributed by atoms with van der Waals surface area (Å²) in [6, 6.07) is 5.69. The van der Waals surface area contributed by atoms with E-state index in [1.54, 1.807) is 6.92 Å². The van der Waals surface area contributed by atoms with Crippen LogP contribution in [0.3, 0.4) is 0 Å². The maximum Gasteiger partial charge on any atom is 0.573 e. The summed E-state index contributed by atoms with van der Waals surface area (Å²) in [5.41, 5.74) is -1.45. The highest BCUT2D eigenvalue weighted by atomic mass is 19.4. The Morgan fingerprint density at radius 1 is 0.921 bits per heavy atom. The lowest BCUT2D eigenvalue weighted by molar-refractivity contribution is -0.274. The summed E-state index contributed by atoms with van der Waals surface area (Å²) in [6.45, 7) is 1.55. The van der Waals surface area contributed by atoms with Gasteiger partial charge in [-0.1, -0.05) is 0 Å². The van der Waals surface area contributed by atoms with Gasteiger partial charge < -0.3 is 24.8 Å². The van der Waals surface area contributed by atoms with E-state index in [0.29, 0.717) is 18.0 Å². The van der Waals surface area contributed by atoms with Crippen molar-refractivity contribution in [1.82, 2.24) is 15.3 Å². The van der Waals surface area contributed by atoms with Crippen LogP contribution in [0.1, 0.15) is 32.2 Å². The topological polar surface area (TPSA) is 112 Å². The molecule has 0 aliphatic carbocycles. The molecular formula is C23H18F6N4O5. The van der Waals surface area contributed by atoms with E-state index in [9.17, 15) is 35.9 Å². The minimum absolute atomic E-state index is 0.0317. The fraction of sp³-hybridized carbons (Fsp3) is 0.217. The molecule has 0 saturated carbocycles. The molecule has 2 aromatic heterocycles. The Kier molecular flexibility index (Phi) is 7.98. The van der Waals surface area contributed by atoms with Gasteiger partial charge in [-0.25, -0.2) is 4.98 Å². The first-order valence-electron chi connectivity index (χ1n) is 10.4. The maximum atomic E-state index is 13.3. The van der Waals surface area contributed by atoms with Gasteiger partial charge in [-0.3, -0.25) is 14.6 Å². The lowest BCUT2D eigenvalue weighted by atomic mass is 10.2. The number of amides is 2. The fourth-order valence-electron chi connectivity index (χ4n) is 3.08. The molecule has 38 heavy (non-hydrogen) atoms. The summed E-state index contributed by atoms with van der Waals surface area (Å²) in [5.74, 6) is -3.48. The van der Waals surface area contributed by atoms with E-state index in [0.717, 1.165) is 25.3 Å². The minimum atomic E-state index is -5.01. The number of benzene rings is 1. The van der Waals surface area contributed by atoms with Crippen LogP contribution in [0.25, 0.3) is 0 Å². The molecule has 202 valence electrons. The third-order valence-electron chi connectivity index (χ3n) is 4.66. The number of pyridine rings is 2. The molecule has 0 aliphatic rings. The number of hydrogen-bond acceptors (Lipinski definition) is 7. The summed E-state index contributed by atoms with van der Waals surface area (Å²) in [4.78, 5) is 32.2. The van der Waals surface area contributed by atoms with Gasteiger partial charge >= 0.3 is 12.5 Å². The Balaban J connectivity index is 2.01. The van der Waals surface area contributed by atoms with Crippen molar-refractivity contribution >= 4 is 17.5 Å². The number of nitrogens with one attached hydrogen (secondary N) is 2. The smallest absolute Gasteiger partial charge is 0.493 e. The number of hydrogen-bond donors (Lipinski definition) is 2. The zero-order valence-electron chi connectivity index (χ0n) is 19.7. The minimum Gasteiger partial charge on any atom is -0.493 e. The van der Waals surface area contributed by atoms with E-state index in [-0.39, 0.29) is 22.9 Å². The molecular weight excluding hydrogens is 526 g/mol. The average Bonchev–Trinajstić information content (AvgIpc) is 2.82. The van der Waals surface area contributed by atoms with Crippen LogP contribution in [0.15, 0.2) is 42.6 Å². The molecule has 1 aromatic carbocycles. The first-order chi connectivity index (χ1) is 17.7. The van der Waals surface area contributed by atoms with Gasteiger partial charge in [-0.15, -0.1) is 13.2 Å². The van der Waals surface area contributed by atoms with Gasteiger partial charge in [-0.05, 0) is 31.2 Å². The van der Waals surface area contributed by atoms with E-state index >= 15 is 0 Å².